The average molecular weight is 431 g/mol. The minimum atomic E-state index is 0.103. The van der Waals surface area contributed by atoms with Crippen LogP contribution in [0.15, 0.2) is 77.4 Å². The minimum absolute atomic E-state index is 0.103. The number of hydrogen-bond donors (Lipinski definition) is 0. The van der Waals surface area contributed by atoms with Crippen LogP contribution in [0.4, 0.5) is 0 Å². The van der Waals surface area contributed by atoms with Crippen molar-refractivity contribution in [3.8, 4) is 5.75 Å². The second-order valence-corrected chi connectivity index (χ2v) is 7.94. The number of furan rings is 1. The van der Waals surface area contributed by atoms with Crippen LogP contribution in [0.5, 0.6) is 5.75 Å². The first-order valence-corrected chi connectivity index (χ1v) is 10.9. The highest BCUT2D eigenvalue weighted by Gasteiger charge is 2.23. The molecule has 3 heterocycles. The number of benzene rings is 2. The van der Waals surface area contributed by atoms with Crippen LogP contribution in [0.3, 0.4) is 0 Å². The molecule has 0 bridgehead atoms. The highest BCUT2D eigenvalue weighted by atomic mass is 16.5. The molecule has 0 spiro atoms. The fourth-order valence-corrected chi connectivity index (χ4v) is 4.09. The summed E-state index contributed by atoms with van der Waals surface area (Å²) >= 11 is 0. The van der Waals surface area contributed by atoms with E-state index in [-0.39, 0.29) is 12.5 Å². The molecule has 7 heteroatoms. The van der Waals surface area contributed by atoms with Gasteiger partial charge in [-0.25, -0.2) is 4.98 Å². The Bertz CT molecular complexity index is 1160. The van der Waals surface area contributed by atoms with E-state index < -0.39 is 0 Å². The Balaban J connectivity index is 1.26. The molecule has 1 saturated heterocycles. The molecule has 2 aromatic heterocycles. The second kappa shape index (κ2) is 9.28. The van der Waals surface area contributed by atoms with Gasteiger partial charge in [-0.15, -0.1) is 0 Å². The molecule has 164 valence electrons. The monoisotopic (exact) mass is 430 g/mol. The van der Waals surface area contributed by atoms with Crippen molar-refractivity contribution in [2.24, 2.45) is 0 Å². The second-order valence-electron chi connectivity index (χ2n) is 7.94. The molecular formula is C25H26N4O3. The number of carbonyl (C=O) groups excluding carboxylic acids is 1. The maximum atomic E-state index is 13.2. The van der Waals surface area contributed by atoms with Gasteiger partial charge in [0, 0.05) is 26.2 Å². The quantitative estimate of drug-likeness (QED) is 0.449. The Labute approximate surface area is 186 Å². The molecule has 1 amide bonds. The number of amides is 1. The molecule has 32 heavy (non-hydrogen) atoms. The summed E-state index contributed by atoms with van der Waals surface area (Å²) in [6.45, 7) is 4.43. The number of carbonyl (C=O) groups is 1. The molecule has 7 nitrogen and oxygen atoms in total. The van der Waals surface area contributed by atoms with E-state index in [1.165, 1.54) is 0 Å². The molecule has 0 atom stereocenters. The molecular weight excluding hydrogens is 404 g/mol. The standard InChI is InChI=1S/C25H26N4O3/c30-25(28-14-12-27(13-15-28)17-21-9-6-16-31-21)18-29-23-11-5-4-10-22(23)26-24(29)19-32-20-7-2-1-3-8-20/h1-11,16H,12-15,17-19H2. The lowest BCUT2D eigenvalue weighted by molar-refractivity contribution is -0.133. The number of para-hydroxylation sites is 3. The maximum Gasteiger partial charge on any atom is 0.242 e. The first-order chi connectivity index (χ1) is 15.8. The topological polar surface area (TPSA) is 63.7 Å². The lowest BCUT2D eigenvalue weighted by Crippen LogP contribution is -2.49. The van der Waals surface area contributed by atoms with E-state index in [1.54, 1.807) is 6.26 Å². The summed E-state index contributed by atoms with van der Waals surface area (Å²) in [6.07, 6.45) is 1.70. The smallest absolute Gasteiger partial charge is 0.242 e. The summed E-state index contributed by atoms with van der Waals surface area (Å²) in [6, 6.07) is 21.5. The van der Waals surface area contributed by atoms with E-state index in [2.05, 4.69) is 4.90 Å². The third kappa shape index (κ3) is 4.53. The van der Waals surface area contributed by atoms with Crippen molar-refractivity contribution in [3.63, 3.8) is 0 Å². The van der Waals surface area contributed by atoms with Crippen molar-refractivity contribution >= 4 is 16.9 Å². The zero-order valence-electron chi connectivity index (χ0n) is 17.9. The van der Waals surface area contributed by atoms with E-state index in [1.807, 2.05) is 76.2 Å². The highest BCUT2D eigenvalue weighted by Crippen LogP contribution is 2.19. The van der Waals surface area contributed by atoms with Gasteiger partial charge in [0.25, 0.3) is 0 Å². The molecule has 1 aliphatic rings. The molecule has 0 radical (unpaired) electrons. The Morgan fingerprint density at radius 2 is 1.72 bits per heavy atom. The van der Waals surface area contributed by atoms with E-state index in [4.69, 9.17) is 14.1 Å². The van der Waals surface area contributed by atoms with Crippen LogP contribution < -0.4 is 4.74 Å². The molecule has 0 aliphatic carbocycles. The largest absolute Gasteiger partial charge is 0.486 e. The highest BCUT2D eigenvalue weighted by molar-refractivity contribution is 5.81. The number of aromatic nitrogens is 2. The predicted octanol–water partition coefficient (Wildman–Crippen LogP) is 3.55. The number of hydrogen-bond acceptors (Lipinski definition) is 5. The third-order valence-corrected chi connectivity index (χ3v) is 5.82. The Morgan fingerprint density at radius 3 is 2.50 bits per heavy atom. The van der Waals surface area contributed by atoms with Gasteiger partial charge in [-0.3, -0.25) is 9.69 Å². The Morgan fingerprint density at radius 1 is 0.938 bits per heavy atom. The van der Waals surface area contributed by atoms with Crippen LogP contribution in [-0.2, 0) is 24.5 Å². The van der Waals surface area contributed by atoms with Crippen molar-refractivity contribution in [3.05, 3.63) is 84.6 Å². The van der Waals surface area contributed by atoms with Crippen LogP contribution >= 0.6 is 0 Å². The van der Waals surface area contributed by atoms with Gasteiger partial charge in [-0.2, -0.15) is 0 Å². The lowest BCUT2D eigenvalue weighted by atomic mass is 10.2. The number of imidazole rings is 1. The number of nitrogens with zero attached hydrogens (tertiary/aromatic N) is 4. The molecule has 0 N–H and O–H groups in total. The van der Waals surface area contributed by atoms with Gasteiger partial charge in [0.05, 0.1) is 23.8 Å². The molecule has 0 unspecified atom stereocenters. The van der Waals surface area contributed by atoms with Crippen LogP contribution in [0.1, 0.15) is 11.6 Å². The van der Waals surface area contributed by atoms with Crippen molar-refractivity contribution < 1.29 is 13.9 Å². The fourth-order valence-electron chi connectivity index (χ4n) is 4.09. The SMILES string of the molecule is O=C(Cn1c(COc2ccccc2)nc2ccccc21)N1CCN(Cc2ccco2)CC1. The van der Waals surface area contributed by atoms with Crippen LogP contribution in [0.25, 0.3) is 11.0 Å². The number of rotatable bonds is 7. The fraction of sp³-hybridized carbons (Fsp3) is 0.280. The van der Waals surface area contributed by atoms with Gasteiger partial charge in [0.1, 0.15) is 30.5 Å². The molecule has 0 saturated carbocycles. The number of ether oxygens (including phenoxy) is 1. The van der Waals surface area contributed by atoms with Gasteiger partial charge >= 0.3 is 0 Å². The first-order valence-electron chi connectivity index (χ1n) is 10.9. The molecule has 2 aromatic carbocycles. The van der Waals surface area contributed by atoms with Gasteiger partial charge < -0.3 is 18.6 Å². The summed E-state index contributed by atoms with van der Waals surface area (Å²) in [4.78, 5) is 22.1. The zero-order valence-corrected chi connectivity index (χ0v) is 17.9. The normalized spacial score (nSPS) is 14.7. The Hall–Kier alpha value is -3.58. The number of piperazine rings is 1. The molecule has 4 aromatic rings. The van der Waals surface area contributed by atoms with Crippen molar-refractivity contribution in [1.29, 1.82) is 0 Å². The summed E-state index contributed by atoms with van der Waals surface area (Å²) in [5, 5.41) is 0. The van der Waals surface area contributed by atoms with E-state index in [0.29, 0.717) is 19.7 Å². The number of fused-ring (bicyclic) bond motifs is 1. The lowest BCUT2D eigenvalue weighted by Gasteiger charge is -2.34. The molecule has 1 aliphatic heterocycles. The maximum absolute atomic E-state index is 13.2. The van der Waals surface area contributed by atoms with Crippen molar-refractivity contribution in [1.82, 2.24) is 19.4 Å². The average Bonchev–Trinajstić information content (AvgIpc) is 3.47. The first kappa shape index (κ1) is 20.3. The summed E-state index contributed by atoms with van der Waals surface area (Å²) in [5.74, 6) is 2.59. The minimum Gasteiger partial charge on any atom is -0.486 e. The predicted molar refractivity (Wildman–Crippen MR) is 121 cm³/mol. The van der Waals surface area contributed by atoms with E-state index >= 15 is 0 Å². The zero-order chi connectivity index (χ0) is 21.8. The summed E-state index contributed by atoms with van der Waals surface area (Å²) < 4.78 is 13.4. The van der Waals surface area contributed by atoms with Crippen LogP contribution in [-0.4, -0.2) is 51.4 Å². The van der Waals surface area contributed by atoms with Crippen molar-refractivity contribution in [2.45, 2.75) is 19.7 Å². The van der Waals surface area contributed by atoms with E-state index in [0.717, 1.165) is 48.0 Å². The third-order valence-electron chi connectivity index (χ3n) is 5.82. The summed E-state index contributed by atoms with van der Waals surface area (Å²) in [7, 11) is 0. The van der Waals surface area contributed by atoms with Gasteiger partial charge in [-0.1, -0.05) is 30.3 Å². The molecule has 1 fully saturated rings. The van der Waals surface area contributed by atoms with Crippen molar-refractivity contribution in [2.75, 3.05) is 26.2 Å². The Kier molecular flexibility index (Phi) is 5.89. The molecule has 5 rings (SSSR count). The van der Waals surface area contributed by atoms with Gasteiger partial charge in [0.2, 0.25) is 5.91 Å². The summed E-state index contributed by atoms with van der Waals surface area (Å²) in [5.41, 5.74) is 1.82. The van der Waals surface area contributed by atoms with Gasteiger partial charge in [-0.05, 0) is 36.4 Å². The van der Waals surface area contributed by atoms with Crippen LogP contribution in [0, 0.1) is 0 Å². The van der Waals surface area contributed by atoms with Gasteiger partial charge in [0.15, 0.2) is 0 Å². The van der Waals surface area contributed by atoms with E-state index in [9.17, 15) is 4.79 Å². The van der Waals surface area contributed by atoms with Crippen LogP contribution in [0.2, 0.25) is 0 Å².